The molecule has 0 bridgehead atoms. The van der Waals surface area contributed by atoms with E-state index in [9.17, 15) is 4.79 Å². The van der Waals surface area contributed by atoms with E-state index in [0.717, 1.165) is 26.2 Å². The van der Waals surface area contributed by atoms with E-state index in [0.29, 0.717) is 0 Å². The van der Waals surface area contributed by atoms with Crippen molar-refractivity contribution in [3.63, 3.8) is 0 Å². The zero-order valence-electron chi connectivity index (χ0n) is 12.5. The second-order valence-electron chi connectivity index (χ2n) is 5.43. The minimum Gasteiger partial charge on any atom is -0.369 e. The molecule has 1 aromatic rings. The lowest BCUT2D eigenvalue weighted by Gasteiger charge is -2.39. The van der Waals surface area contributed by atoms with Crippen LogP contribution in [0.3, 0.4) is 0 Å². The van der Waals surface area contributed by atoms with Gasteiger partial charge in [-0.2, -0.15) is 0 Å². The van der Waals surface area contributed by atoms with Gasteiger partial charge in [0.15, 0.2) is 0 Å². The van der Waals surface area contributed by atoms with Crippen LogP contribution in [0.4, 0.5) is 5.69 Å². The maximum absolute atomic E-state index is 11.6. The van der Waals surface area contributed by atoms with Gasteiger partial charge in [0.05, 0.1) is 6.04 Å². The number of hydrazine groups is 1. The lowest BCUT2D eigenvalue weighted by atomic mass is 10.1. The zero-order valence-corrected chi connectivity index (χ0v) is 12.5. The molecule has 0 radical (unpaired) electrons. The molecular weight excluding hydrogens is 252 g/mol. The number of benzene rings is 1. The number of hydrogen-bond acceptors (Lipinski definition) is 4. The monoisotopic (exact) mass is 276 g/mol. The molecule has 1 aliphatic rings. The Hall–Kier alpha value is -1.59. The highest BCUT2D eigenvalue weighted by Crippen LogP contribution is 2.24. The number of aryl methyl sites for hydroxylation is 1. The number of carbonyl (C=O) groups excluding carboxylic acids is 1. The van der Waals surface area contributed by atoms with Gasteiger partial charge < -0.3 is 4.90 Å². The molecule has 1 unspecified atom stereocenters. The summed E-state index contributed by atoms with van der Waals surface area (Å²) >= 11 is 0. The molecule has 1 saturated heterocycles. The summed E-state index contributed by atoms with van der Waals surface area (Å²) in [4.78, 5) is 16.1. The van der Waals surface area contributed by atoms with Crippen LogP contribution in [0.2, 0.25) is 0 Å². The topological polar surface area (TPSA) is 61.6 Å². The van der Waals surface area contributed by atoms with Crippen molar-refractivity contribution in [3.8, 4) is 0 Å². The average Bonchev–Trinajstić information content (AvgIpc) is 2.48. The number of amides is 1. The molecule has 1 fully saturated rings. The minimum absolute atomic E-state index is 0.120. The van der Waals surface area contributed by atoms with Crippen molar-refractivity contribution in [1.82, 2.24) is 10.3 Å². The maximum atomic E-state index is 11.6. The number of hydrogen-bond donors (Lipinski definition) is 2. The lowest BCUT2D eigenvalue weighted by Crippen LogP contribution is -2.55. The van der Waals surface area contributed by atoms with Crippen LogP contribution in [0.1, 0.15) is 18.1 Å². The first-order valence-electron chi connectivity index (χ1n) is 7.10. The lowest BCUT2D eigenvalue weighted by molar-refractivity contribution is -0.126. The standard InChI is InChI=1S/C15H24N4O/c1-11-5-4-6-14(12(11)2)19-9-7-18(8-10-19)13(3)15(20)17-16/h4-6,13H,7-10,16H2,1-3H3,(H,17,20). The maximum Gasteiger partial charge on any atom is 0.250 e. The third-order valence-corrected chi connectivity index (χ3v) is 4.30. The Balaban J connectivity index is 2.01. The Labute approximate surface area is 120 Å². The predicted molar refractivity (Wildman–Crippen MR) is 81.5 cm³/mol. The largest absolute Gasteiger partial charge is 0.369 e. The zero-order chi connectivity index (χ0) is 14.7. The Morgan fingerprint density at radius 1 is 1.25 bits per heavy atom. The summed E-state index contributed by atoms with van der Waals surface area (Å²) < 4.78 is 0. The molecule has 1 atom stereocenters. The third-order valence-electron chi connectivity index (χ3n) is 4.30. The normalized spacial score (nSPS) is 17.9. The van der Waals surface area contributed by atoms with E-state index >= 15 is 0 Å². The molecule has 0 aliphatic carbocycles. The molecule has 3 N–H and O–H groups in total. The van der Waals surface area contributed by atoms with Crippen molar-refractivity contribution in [2.24, 2.45) is 5.84 Å². The number of rotatable bonds is 3. The fourth-order valence-corrected chi connectivity index (χ4v) is 2.71. The first-order valence-corrected chi connectivity index (χ1v) is 7.10. The van der Waals surface area contributed by atoms with Gasteiger partial charge in [0, 0.05) is 31.9 Å². The third kappa shape index (κ3) is 2.94. The van der Waals surface area contributed by atoms with Gasteiger partial charge in [0.25, 0.3) is 5.91 Å². The van der Waals surface area contributed by atoms with Crippen LogP contribution in [0, 0.1) is 13.8 Å². The molecule has 110 valence electrons. The summed E-state index contributed by atoms with van der Waals surface area (Å²) in [6, 6.07) is 6.26. The van der Waals surface area contributed by atoms with Crippen molar-refractivity contribution in [3.05, 3.63) is 29.3 Å². The number of anilines is 1. The number of carbonyl (C=O) groups is 1. The van der Waals surface area contributed by atoms with Crippen molar-refractivity contribution in [2.75, 3.05) is 31.1 Å². The average molecular weight is 276 g/mol. The first kappa shape index (κ1) is 14.8. The van der Waals surface area contributed by atoms with Gasteiger partial charge in [-0.15, -0.1) is 0 Å². The van der Waals surface area contributed by atoms with E-state index in [1.54, 1.807) is 0 Å². The Bertz CT molecular complexity index is 481. The van der Waals surface area contributed by atoms with E-state index in [1.165, 1.54) is 16.8 Å². The van der Waals surface area contributed by atoms with Crippen LogP contribution in [-0.4, -0.2) is 43.0 Å². The molecule has 2 rings (SSSR count). The summed E-state index contributed by atoms with van der Waals surface area (Å²) in [5.74, 6) is 5.08. The van der Waals surface area contributed by atoms with Crippen LogP contribution in [0.25, 0.3) is 0 Å². The minimum atomic E-state index is -0.166. The quantitative estimate of drug-likeness (QED) is 0.487. The van der Waals surface area contributed by atoms with Crippen molar-refractivity contribution < 1.29 is 4.79 Å². The SMILES string of the molecule is Cc1cccc(N2CCN(C(C)C(=O)NN)CC2)c1C. The highest BCUT2D eigenvalue weighted by Gasteiger charge is 2.25. The number of nitrogens with zero attached hydrogens (tertiary/aromatic N) is 2. The van der Waals surface area contributed by atoms with Crippen molar-refractivity contribution >= 4 is 11.6 Å². The number of piperazine rings is 1. The summed E-state index contributed by atoms with van der Waals surface area (Å²) in [5.41, 5.74) is 6.19. The molecule has 20 heavy (non-hydrogen) atoms. The summed E-state index contributed by atoms with van der Waals surface area (Å²) in [5, 5.41) is 0. The Morgan fingerprint density at radius 2 is 1.90 bits per heavy atom. The molecule has 1 heterocycles. The van der Waals surface area contributed by atoms with Crippen LogP contribution in [-0.2, 0) is 4.79 Å². The van der Waals surface area contributed by atoms with Crippen LogP contribution in [0.15, 0.2) is 18.2 Å². The molecule has 1 amide bonds. The van der Waals surface area contributed by atoms with Gasteiger partial charge in [0.1, 0.15) is 0 Å². The van der Waals surface area contributed by atoms with Gasteiger partial charge >= 0.3 is 0 Å². The van der Waals surface area contributed by atoms with Crippen LogP contribution < -0.4 is 16.2 Å². The van der Waals surface area contributed by atoms with Crippen molar-refractivity contribution in [2.45, 2.75) is 26.8 Å². The molecule has 5 heteroatoms. The highest BCUT2D eigenvalue weighted by molar-refractivity contribution is 5.80. The number of nitrogens with two attached hydrogens (primary N) is 1. The fourth-order valence-electron chi connectivity index (χ4n) is 2.71. The number of nitrogens with one attached hydrogen (secondary N) is 1. The van der Waals surface area contributed by atoms with E-state index in [2.05, 4.69) is 47.3 Å². The molecule has 0 saturated carbocycles. The van der Waals surface area contributed by atoms with Crippen LogP contribution in [0.5, 0.6) is 0 Å². The van der Waals surface area contributed by atoms with Crippen molar-refractivity contribution in [1.29, 1.82) is 0 Å². The van der Waals surface area contributed by atoms with E-state index in [-0.39, 0.29) is 11.9 Å². The van der Waals surface area contributed by atoms with E-state index in [4.69, 9.17) is 5.84 Å². The van der Waals surface area contributed by atoms with Gasteiger partial charge in [-0.1, -0.05) is 12.1 Å². The molecular formula is C15H24N4O. The molecule has 1 aromatic carbocycles. The van der Waals surface area contributed by atoms with Gasteiger partial charge in [-0.25, -0.2) is 5.84 Å². The Morgan fingerprint density at radius 3 is 2.50 bits per heavy atom. The van der Waals surface area contributed by atoms with E-state index < -0.39 is 0 Å². The second kappa shape index (κ2) is 6.24. The summed E-state index contributed by atoms with van der Waals surface area (Å²) in [6.45, 7) is 9.84. The van der Waals surface area contributed by atoms with Gasteiger partial charge in [-0.3, -0.25) is 15.1 Å². The Kier molecular flexibility index (Phi) is 4.62. The van der Waals surface area contributed by atoms with Gasteiger partial charge in [0.2, 0.25) is 0 Å². The molecule has 5 nitrogen and oxygen atoms in total. The first-order chi connectivity index (χ1) is 9.54. The fraction of sp³-hybridized carbons (Fsp3) is 0.533. The van der Waals surface area contributed by atoms with Crippen LogP contribution >= 0.6 is 0 Å². The highest BCUT2D eigenvalue weighted by atomic mass is 16.2. The van der Waals surface area contributed by atoms with Gasteiger partial charge in [-0.05, 0) is 38.0 Å². The smallest absolute Gasteiger partial charge is 0.250 e. The van der Waals surface area contributed by atoms with E-state index in [1.807, 2.05) is 6.92 Å². The second-order valence-corrected chi connectivity index (χ2v) is 5.43. The summed E-state index contributed by atoms with van der Waals surface area (Å²) in [7, 11) is 0. The molecule has 0 spiro atoms. The molecule has 1 aliphatic heterocycles. The summed E-state index contributed by atoms with van der Waals surface area (Å²) in [6.07, 6.45) is 0. The predicted octanol–water partition coefficient (Wildman–Crippen LogP) is 0.804. The molecule has 0 aromatic heterocycles.